The van der Waals surface area contributed by atoms with E-state index in [2.05, 4.69) is 10.6 Å². The number of rotatable bonds is 5. The van der Waals surface area contributed by atoms with Gasteiger partial charge in [-0.05, 0) is 61.6 Å². The number of carbonyl (C=O) groups excluding carboxylic acids is 2. The van der Waals surface area contributed by atoms with Crippen LogP contribution in [0.2, 0.25) is 5.02 Å². The molecule has 2 N–H and O–H groups in total. The SMILES string of the molecule is O=C(Nc1sc2c(c1C(=O)NCc1ccco1)CCCC2)c1cc(=O)c2cc(Cl)ccc2o1. The third-order valence-corrected chi connectivity index (χ3v) is 6.98. The normalized spacial score (nSPS) is 13.0. The summed E-state index contributed by atoms with van der Waals surface area (Å²) in [4.78, 5) is 39.7. The number of amides is 2. The van der Waals surface area contributed by atoms with Crippen LogP contribution in [-0.2, 0) is 19.4 Å². The number of fused-ring (bicyclic) bond motifs is 2. The van der Waals surface area contributed by atoms with Crippen LogP contribution in [0.4, 0.5) is 5.00 Å². The fourth-order valence-corrected chi connectivity index (χ4v) is 5.42. The highest BCUT2D eigenvalue weighted by atomic mass is 35.5. The summed E-state index contributed by atoms with van der Waals surface area (Å²) in [5.74, 6) is -0.377. The molecule has 3 aromatic heterocycles. The second-order valence-electron chi connectivity index (χ2n) is 7.75. The molecule has 33 heavy (non-hydrogen) atoms. The molecule has 9 heteroatoms. The zero-order valence-corrected chi connectivity index (χ0v) is 19.0. The number of anilines is 1. The molecule has 0 atom stereocenters. The van der Waals surface area contributed by atoms with Crippen LogP contribution in [0.5, 0.6) is 0 Å². The van der Waals surface area contributed by atoms with Crippen molar-refractivity contribution in [1.82, 2.24) is 5.32 Å². The van der Waals surface area contributed by atoms with Crippen LogP contribution in [0.15, 0.2) is 56.3 Å². The number of thiophene rings is 1. The molecule has 0 radical (unpaired) electrons. The molecule has 5 rings (SSSR count). The van der Waals surface area contributed by atoms with E-state index in [-0.39, 0.29) is 29.2 Å². The number of furan rings is 1. The van der Waals surface area contributed by atoms with E-state index in [1.807, 2.05) is 0 Å². The third-order valence-electron chi connectivity index (χ3n) is 5.54. The maximum absolute atomic E-state index is 13.1. The van der Waals surface area contributed by atoms with Gasteiger partial charge in [0.2, 0.25) is 0 Å². The standard InChI is InChI=1S/C24H19ClN2O5S/c25-13-7-8-18-16(10-13)17(28)11-19(32-18)22(29)27-24-21(15-5-1-2-6-20(15)33-24)23(30)26-12-14-4-3-9-31-14/h3-4,7-11H,1-2,5-6,12H2,(H,26,30)(H,27,29). The highest BCUT2D eigenvalue weighted by molar-refractivity contribution is 7.17. The average molecular weight is 483 g/mol. The molecule has 1 aliphatic rings. The minimum Gasteiger partial charge on any atom is -0.467 e. The first-order chi connectivity index (χ1) is 16.0. The molecule has 0 aliphatic heterocycles. The molecule has 0 saturated carbocycles. The first-order valence-electron chi connectivity index (χ1n) is 10.5. The van der Waals surface area contributed by atoms with E-state index in [9.17, 15) is 14.4 Å². The van der Waals surface area contributed by atoms with E-state index in [0.717, 1.165) is 42.2 Å². The van der Waals surface area contributed by atoms with Crippen LogP contribution >= 0.6 is 22.9 Å². The largest absolute Gasteiger partial charge is 0.467 e. The third kappa shape index (κ3) is 4.31. The molecule has 0 saturated heterocycles. The molecular formula is C24H19ClN2O5S. The van der Waals surface area contributed by atoms with Crippen molar-refractivity contribution < 1.29 is 18.4 Å². The van der Waals surface area contributed by atoms with Gasteiger partial charge < -0.3 is 19.5 Å². The number of halogens is 1. The van der Waals surface area contributed by atoms with E-state index < -0.39 is 5.91 Å². The fraction of sp³-hybridized carbons (Fsp3) is 0.208. The smallest absolute Gasteiger partial charge is 0.292 e. The second kappa shape index (κ2) is 8.88. The van der Waals surface area contributed by atoms with Gasteiger partial charge in [-0.2, -0.15) is 0 Å². The number of aryl methyl sites for hydroxylation is 1. The Balaban J connectivity index is 1.45. The summed E-state index contributed by atoms with van der Waals surface area (Å²) in [6, 6.07) is 9.31. The second-order valence-corrected chi connectivity index (χ2v) is 9.29. The van der Waals surface area contributed by atoms with Gasteiger partial charge in [0.15, 0.2) is 11.2 Å². The lowest BCUT2D eigenvalue weighted by Crippen LogP contribution is -2.25. The lowest BCUT2D eigenvalue weighted by Gasteiger charge is -2.13. The maximum Gasteiger partial charge on any atom is 0.292 e. The van der Waals surface area contributed by atoms with Gasteiger partial charge in [-0.25, -0.2) is 0 Å². The molecule has 7 nitrogen and oxygen atoms in total. The quantitative estimate of drug-likeness (QED) is 0.409. The predicted octanol–water partition coefficient (Wildman–Crippen LogP) is 5.16. The molecule has 2 amide bonds. The lowest BCUT2D eigenvalue weighted by molar-refractivity contribution is 0.0948. The summed E-state index contributed by atoms with van der Waals surface area (Å²) >= 11 is 7.35. The van der Waals surface area contributed by atoms with Crippen molar-refractivity contribution in [2.75, 3.05) is 5.32 Å². The maximum atomic E-state index is 13.1. The van der Waals surface area contributed by atoms with E-state index in [0.29, 0.717) is 26.7 Å². The Hall–Kier alpha value is -3.36. The van der Waals surface area contributed by atoms with Crippen molar-refractivity contribution in [3.05, 3.63) is 85.4 Å². The van der Waals surface area contributed by atoms with Gasteiger partial charge in [-0.1, -0.05) is 11.6 Å². The number of hydrogen-bond acceptors (Lipinski definition) is 6. The molecule has 0 spiro atoms. The van der Waals surface area contributed by atoms with Gasteiger partial charge >= 0.3 is 0 Å². The zero-order valence-electron chi connectivity index (χ0n) is 17.4. The molecule has 1 aromatic carbocycles. The average Bonchev–Trinajstić information content (AvgIpc) is 3.45. The van der Waals surface area contributed by atoms with Crippen LogP contribution in [0, 0.1) is 0 Å². The van der Waals surface area contributed by atoms with E-state index in [4.69, 9.17) is 20.4 Å². The lowest BCUT2D eigenvalue weighted by atomic mass is 9.95. The minimum atomic E-state index is -0.595. The van der Waals surface area contributed by atoms with Crippen molar-refractivity contribution in [3.8, 4) is 0 Å². The van der Waals surface area contributed by atoms with E-state index >= 15 is 0 Å². The number of carbonyl (C=O) groups is 2. The molecule has 168 valence electrons. The van der Waals surface area contributed by atoms with Crippen molar-refractivity contribution >= 4 is 50.7 Å². The number of nitrogens with one attached hydrogen (secondary N) is 2. The van der Waals surface area contributed by atoms with Gasteiger partial charge in [0.05, 0.1) is 23.8 Å². The Kier molecular flexibility index (Phi) is 5.78. The molecule has 4 aromatic rings. The highest BCUT2D eigenvalue weighted by Gasteiger charge is 2.27. The topological polar surface area (TPSA) is 102 Å². The zero-order chi connectivity index (χ0) is 22.9. The Morgan fingerprint density at radius 2 is 1.94 bits per heavy atom. The van der Waals surface area contributed by atoms with Gasteiger partial charge in [-0.15, -0.1) is 11.3 Å². The minimum absolute atomic E-state index is 0.136. The van der Waals surface area contributed by atoms with Crippen molar-refractivity contribution in [2.24, 2.45) is 0 Å². The summed E-state index contributed by atoms with van der Waals surface area (Å²) in [7, 11) is 0. The summed E-state index contributed by atoms with van der Waals surface area (Å²) in [6.45, 7) is 0.242. The van der Waals surface area contributed by atoms with Gasteiger partial charge in [-0.3, -0.25) is 14.4 Å². The summed E-state index contributed by atoms with van der Waals surface area (Å²) in [6.07, 6.45) is 5.20. The van der Waals surface area contributed by atoms with Crippen molar-refractivity contribution in [2.45, 2.75) is 32.2 Å². The summed E-state index contributed by atoms with van der Waals surface area (Å²) in [5, 5.41) is 6.81. The molecular weight excluding hydrogens is 464 g/mol. The Morgan fingerprint density at radius 3 is 2.76 bits per heavy atom. The van der Waals surface area contributed by atoms with Crippen LogP contribution < -0.4 is 16.1 Å². The van der Waals surface area contributed by atoms with Crippen LogP contribution in [-0.4, -0.2) is 11.8 Å². The highest BCUT2D eigenvalue weighted by Crippen LogP contribution is 2.38. The molecule has 0 fully saturated rings. The molecule has 0 unspecified atom stereocenters. The monoisotopic (exact) mass is 482 g/mol. The summed E-state index contributed by atoms with van der Waals surface area (Å²) < 4.78 is 10.9. The molecule has 1 aliphatic carbocycles. The van der Waals surface area contributed by atoms with Gasteiger partial charge in [0.1, 0.15) is 16.3 Å². The van der Waals surface area contributed by atoms with Crippen LogP contribution in [0.25, 0.3) is 11.0 Å². The Morgan fingerprint density at radius 1 is 1.09 bits per heavy atom. The summed E-state index contributed by atoms with van der Waals surface area (Å²) in [5.41, 5.74) is 1.32. The first-order valence-corrected chi connectivity index (χ1v) is 11.7. The number of hydrogen-bond donors (Lipinski definition) is 2. The van der Waals surface area contributed by atoms with Crippen LogP contribution in [0.1, 0.15) is 50.0 Å². The molecule has 3 heterocycles. The van der Waals surface area contributed by atoms with E-state index in [1.165, 1.54) is 17.4 Å². The Labute approximate surface area is 197 Å². The van der Waals surface area contributed by atoms with Crippen molar-refractivity contribution in [3.63, 3.8) is 0 Å². The van der Waals surface area contributed by atoms with Crippen molar-refractivity contribution in [1.29, 1.82) is 0 Å². The van der Waals surface area contributed by atoms with Crippen LogP contribution in [0.3, 0.4) is 0 Å². The fourth-order valence-electron chi connectivity index (χ4n) is 3.97. The molecule has 0 bridgehead atoms. The van der Waals surface area contributed by atoms with E-state index in [1.54, 1.807) is 30.5 Å². The van der Waals surface area contributed by atoms with Gasteiger partial charge in [0, 0.05) is 16.0 Å². The van der Waals surface area contributed by atoms with Gasteiger partial charge in [0.25, 0.3) is 11.8 Å². The Bertz CT molecular complexity index is 1420. The first kappa shape index (κ1) is 21.5. The number of benzene rings is 1. The predicted molar refractivity (Wildman–Crippen MR) is 126 cm³/mol.